The Hall–Kier alpha value is -3.82. The van der Waals surface area contributed by atoms with Gasteiger partial charge in [0.2, 0.25) is 5.91 Å². The molecular weight excluding hydrogens is 465 g/mol. The number of nitrogens with zero attached hydrogens (tertiary/aromatic N) is 5. The first-order chi connectivity index (χ1) is 17.3. The Morgan fingerprint density at radius 1 is 1.03 bits per heavy atom. The molecule has 3 aromatic rings. The number of amides is 2. The van der Waals surface area contributed by atoms with Crippen LogP contribution in [0.15, 0.2) is 46.1 Å². The second-order valence-corrected chi connectivity index (χ2v) is 9.50. The van der Waals surface area contributed by atoms with Gasteiger partial charge in [-0.1, -0.05) is 25.0 Å². The van der Waals surface area contributed by atoms with Gasteiger partial charge in [0.15, 0.2) is 5.82 Å². The van der Waals surface area contributed by atoms with E-state index in [9.17, 15) is 23.6 Å². The lowest BCUT2D eigenvalue weighted by Crippen LogP contribution is -2.51. The maximum absolute atomic E-state index is 14.7. The Bertz CT molecular complexity index is 1450. The van der Waals surface area contributed by atoms with Crippen LogP contribution in [0.3, 0.4) is 0 Å². The number of carbonyl (C=O) groups excluding carboxylic acids is 2. The van der Waals surface area contributed by atoms with Crippen molar-refractivity contribution in [2.45, 2.75) is 32.2 Å². The molecule has 2 aliphatic rings. The van der Waals surface area contributed by atoms with E-state index in [0.717, 1.165) is 36.4 Å². The molecule has 0 spiro atoms. The van der Waals surface area contributed by atoms with E-state index in [1.807, 2.05) is 4.90 Å². The fraction of sp³-hybridized carbons (Fsp3) is 0.423. The van der Waals surface area contributed by atoms with Crippen LogP contribution in [0.2, 0.25) is 0 Å². The highest BCUT2D eigenvalue weighted by Gasteiger charge is 2.31. The molecule has 188 valence electrons. The minimum atomic E-state index is -0.745. The summed E-state index contributed by atoms with van der Waals surface area (Å²) in [6.45, 7) is 1.50. The number of piperazine rings is 1. The summed E-state index contributed by atoms with van der Waals surface area (Å²) in [5.41, 5.74) is -0.299. The summed E-state index contributed by atoms with van der Waals surface area (Å²) in [4.78, 5) is 58.6. The minimum Gasteiger partial charge on any atom is -0.339 e. The third kappa shape index (κ3) is 4.31. The van der Waals surface area contributed by atoms with E-state index in [-0.39, 0.29) is 23.9 Å². The molecule has 10 heteroatoms. The molecule has 0 bridgehead atoms. The average molecular weight is 494 g/mol. The maximum Gasteiger partial charge on any atom is 0.331 e. The van der Waals surface area contributed by atoms with Crippen LogP contribution in [-0.2, 0) is 18.4 Å². The Morgan fingerprint density at radius 2 is 1.69 bits per heavy atom. The summed E-state index contributed by atoms with van der Waals surface area (Å²) < 4.78 is 17.1. The molecule has 0 atom stereocenters. The van der Waals surface area contributed by atoms with E-state index < -0.39 is 23.0 Å². The van der Waals surface area contributed by atoms with Gasteiger partial charge in [0, 0.05) is 39.1 Å². The van der Waals surface area contributed by atoms with Gasteiger partial charge in [-0.2, -0.15) is 0 Å². The van der Waals surface area contributed by atoms with Crippen LogP contribution in [0.4, 0.5) is 4.39 Å². The summed E-state index contributed by atoms with van der Waals surface area (Å²) in [7, 11) is 1.40. The number of hydrogen-bond acceptors (Lipinski definition) is 5. The summed E-state index contributed by atoms with van der Waals surface area (Å²) in [5, 5.41) is 0.378. The Morgan fingerprint density at radius 3 is 2.42 bits per heavy atom. The smallest absolute Gasteiger partial charge is 0.331 e. The molecule has 36 heavy (non-hydrogen) atoms. The van der Waals surface area contributed by atoms with Crippen molar-refractivity contribution in [3.63, 3.8) is 0 Å². The summed E-state index contributed by atoms with van der Waals surface area (Å²) >= 11 is 0. The monoisotopic (exact) mass is 493 g/mol. The molecule has 1 saturated heterocycles. The summed E-state index contributed by atoms with van der Waals surface area (Å²) in [6, 6.07) is 8.10. The molecule has 0 N–H and O–H groups in total. The van der Waals surface area contributed by atoms with Crippen LogP contribution in [0.25, 0.3) is 10.9 Å². The third-order valence-electron chi connectivity index (χ3n) is 7.29. The zero-order chi connectivity index (χ0) is 25.4. The van der Waals surface area contributed by atoms with Crippen LogP contribution in [0.5, 0.6) is 0 Å². The number of hydrogen-bond donors (Lipinski definition) is 0. The predicted octanol–water partition coefficient (Wildman–Crippen LogP) is 1.76. The number of carbonyl (C=O) groups is 2. The molecule has 3 heterocycles. The van der Waals surface area contributed by atoms with E-state index in [0.29, 0.717) is 42.8 Å². The van der Waals surface area contributed by atoms with E-state index in [1.54, 1.807) is 29.2 Å². The zero-order valence-corrected chi connectivity index (χ0v) is 20.2. The minimum absolute atomic E-state index is 0.0301. The topological polar surface area (TPSA) is 97.5 Å². The second kappa shape index (κ2) is 9.67. The molecule has 0 unspecified atom stereocenters. The number of benzene rings is 1. The standard InChI is InChI=1S/C26H28FN5O4/c1-29-24(34)19-8-4-5-9-22(19)32(26(29)36)16-18-14-20(21(27)15-28-18)25(35)31-12-10-30(11-13-31)23(33)17-6-2-3-7-17/h4-5,8-9,14-15,17H,2-3,6-7,10-13,16H2,1H3. The normalized spacial score (nSPS) is 16.6. The van der Waals surface area contributed by atoms with Crippen molar-refractivity contribution in [1.29, 1.82) is 0 Å². The summed E-state index contributed by atoms with van der Waals surface area (Å²) in [5.74, 6) is -0.969. The van der Waals surface area contributed by atoms with Gasteiger partial charge < -0.3 is 9.80 Å². The molecule has 1 aliphatic heterocycles. The van der Waals surface area contributed by atoms with E-state index in [1.165, 1.54) is 17.7 Å². The number of aromatic nitrogens is 3. The molecule has 2 amide bonds. The van der Waals surface area contributed by atoms with Crippen LogP contribution in [-0.4, -0.2) is 61.9 Å². The maximum atomic E-state index is 14.7. The van der Waals surface area contributed by atoms with Gasteiger partial charge in [0.25, 0.3) is 11.5 Å². The number of fused-ring (bicyclic) bond motifs is 1. The molecule has 5 rings (SSSR count). The van der Waals surface area contributed by atoms with Gasteiger partial charge in [-0.15, -0.1) is 0 Å². The van der Waals surface area contributed by atoms with Crippen molar-refractivity contribution in [1.82, 2.24) is 23.9 Å². The third-order valence-corrected chi connectivity index (χ3v) is 7.29. The van der Waals surface area contributed by atoms with Gasteiger partial charge in [0.1, 0.15) is 0 Å². The predicted molar refractivity (Wildman–Crippen MR) is 131 cm³/mol. The van der Waals surface area contributed by atoms with Crippen molar-refractivity contribution in [3.05, 3.63) is 74.4 Å². The largest absolute Gasteiger partial charge is 0.339 e. The van der Waals surface area contributed by atoms with E-state index in [2.05, 4.69) is 4.98 Å². The molecule has 1 aromatic carbocycles. The van der Waals surface area contributed by atoms with Crippen LogP contribution >= 0.6 is 0 Å². The molecule has 1 aliphatic carbocycles. The number of para-hydroxylation sites is 1. The zero-order valence-electron chi connectivity index (χ0n) is 20.2. The lowest BCUT2D eigenvalue weighted by atomic mass is 10.1. The van der Waals surface area contributed by atoms with Crippen molar-refractivity contribution < 1.29 is 14.0 Å². The molecule has 2 fully saturated rings. The fourth-order valence-electron chi connectivity index (χ4n) is 5.22. The quantitative estimate of drug-likeness (QED) is 0.552. The molecule has 0 radical (unpaired) electrons. The molecule has 2 aromatic heterocycles. The molecule has 9 nitrogen and oxygen atoms in total. The van der Waals surface area contributed by atoms with Gasteiger partial charge in [-0.05, 0) is 31.0 Å². The van der Waals surface area contributed by atoms with E-state index >= 15 is 0 Å². The van der Waals surface area contributed by atoms with Crippen LogP contribution < -0.4 is 11.2 Å². The Kier molecular flexibility index (Phi) is 6.42. The highest BCUT2D eigenvalue weighted by molar-refractivity contribution is 5.94. The Balaban J connectivity index is 1.36. The number of pyridine rings is 1. The van der Waals surface area contributed by atoms with Crippen molar-refractivity contribution in [2.24, 2.45) is 13.0 Å². The first-order valence-electron chi connectivity index (χ1n) is 12.3. The van der Waals surface area contributed by atoms with Crippen molar-refractivity contribution in [2.75, 3.05) is 26.2 Å². The lowest BCUT2D eigenvalue weighted by Gasteiger charge is -2.36. The summed E-state index contributed by atoms with van der Waals surface area (Å²) in [6.07, 6.45) is 5.00. The number of halogens is 1. The van der Waals surface area contributed by atoms with Gasteiger partial charge in [-0.25, -0.2) is 9.18 Å². The van der Waals surface area contributed by atoms with Crippen LogP contribution in [0.1, 0.15) is 41.7 Å². The van der Waals surface area contributed by atoms with Gasteiger partial charge in [0.05, 0.1) is 34.9 Å². The number of rotatable bonds is 4. The van der Waals surface area contributed by atoms with Gasteiger partial charge >= 0.3 is 5.69 Å². The highest BCUT2D eigenvalue weighted by Crippen LogP contribution is 2.27. The van der Waals surface area contributed by atoms with Crippen LogP contribution in [0, 0.1) is 11.7 Å². The van der Waals surface area contributed by atoms with E-state index in [4.69, 9.17) is 0 Å². The van der Waals surface area contributed by atoms with Crippen molar-refractivity contribution in [3.8, 4) is 0 Å². The SMILES string of the molecule is Cn1c(=O)c2ccccc2n(Cc2cc(C(=O)N3CCN(C(=O)C4CCCC4)CC3)c(F)cn2)c1=O. The average Bonchev–Trinajstić information content (AvgIpc) is 3.45. The molecular formula is C26H28FN5O4. The highest BCUT2D eigenvalue weighted by atomic mass is 19.1. The first-order valence-corrected chi connectivity index (χ1v) is 12.3. The Labute approximate surface area is 206 Å². The fourth-order valence-corrected chi connectivity index (χ4v) is 5.22. The first kappa shape index (κ1) is 23.9. The molecule has 1 saturated carbocycles. The lowest BCUT2D eigenvalue weighted by molar-refractivity contribution is -0.136. The van der Waals surface area contributed by atoms with Crippen molar-refractivity contribution >= 4 is 22.7 Å². The second-order valence-electron chi connectivity index (χ2n) is 9.50. The van der Waals surface area contributed by atoms with Gasteiger partial charge in [-0.3, -0.25) is 28.5 Å².